The number of piperidine rings is 1. The molecule has 1 fully saturated rings. The summed E-state index contributed by atoms with van der Waals surface area (Å²) in [6, 6.07) is 0. The van der Waals surface area contributed by atoms with Gasteiger partial charge in [0.05, 0.1) is 0 Å². The molecule has 2 atom stereocenters. The van der Waals surface area contributed by atoms with Crippen molar-refractivity contribution in [2.75, 3.05) is 19.8 Å². The van der Waals surface area contributed by atoms with E-state index in [1.165, 1.54) is 0 Å². The lowest BCUT2D eigenvalue weighted by molar-refractivity contribution is -0.124. The predicted molar refractivity (Wildman–Crippen MR) is 56.0 cm³/mol. The largest absolute Gasteiger partial charge is 0.381 e. The molecule has 0 aromatic carbocycles. The summed E-state index contributed by atoms with van der Waals surface area (Å²) in [5.74, 6) is 1.24. The van der Waals surface area contributed by atoms with Gasteiger partial charge in [-0.3, -0.25) is 4.79 Å². The van der Waals surface area contributed by atoms with Gasteiger partial charge in [0.25, 0.3) is 0 Å². The van der Waals surface area contributed by atoms with E-state index in [2.05, 4.69) is 19.2 Å². The molecule has 0 bridgehead atoms. The summed E-state index contributed by atoms with van der Waals surface area (Å²) in [5, 5.41) is 2.83. The quantitative estimate of drug-likeness (QED) is 0.730. The minimum Gasteiger partial charge on any atom is -0.381 e. The Bertz CT molecular complexity index is 182. The summed E-state index contributed by atoms with van der Waals surface area (Å²) < 4.78 is 5.59. The van der Waals surface area contributed by atoms with Gasteiger partial charge >= 0.3 is 0 Å². The van der Waals surface area contributed by atoms with E-state index in [0.29, 0.717) is 18.3 Å². The molecule has 0 unspecified atom stereocenters. The van der Waals surface area contributed by atoms with Crippen LogP contribution < -0.4 is 5.32 Å². The lowest BCUT2D eigenvalue weighted by Crippen LogP contribution is -2.35. The van der Waals surface area contributed by atoms with Crippen LogP contribution in [0.5, 0.6) is 0 Å². The van der Waals surface area contributed by atoms with Crippen LogP contribution in [0.3, 0.4) is 0 Å². The van der Waals surface area contributed by atoms with Gasteiger partial charge in [-0.05, 0) is 18.3 Å². The van der Waals surface area contributed by atoms with Crippen molar-refractivity contribution in [2.24, 2.45) is 11.8 Å². The Hall–Kier alpha value is -0.570. The molecule has 1 aliphatic rings. The van der Waals surface area contributed by atoms with Gasteiger partial charge in [0.15, 0.2) is 0 Å². The molecular weight excluding hydrogens is 178 g/mol. The van der Waals surface area contributed by atoms with E-state index in [9.17, 15) is 4.79 Å². The molecule has 1 heterocycles. The van der Waals surface area contributed by atoms with Crippen LogP contribution in [0.2, 0.25) is 0 Å². The number of amides is 1. The van der Waals surface area contributed by atoms with E-state index in [-0.39, 0.29) is 5.91 Å². The molecular formula is C11H21NO2. The highest BCUT2D eigenvalue weighted by Crippen LogP contribution is 2.13. The number of carbonyl (C=O) groups is 1. The van der Waals surface area contributed by atoms with Crippen molar-refractivity contribution < 1.29 is 9.53 Å². The van der Waals surface area contributed by atoms with Crippen molar-refractivity contribution in [3.63, 3.8) is 0 Å². The molecule has 0 radical (unpaired) electrons. The van der Waals surface area contributed by atoms with E-state index in [1.807, 2.05) is 0 Å². The summed E-state index contributed by atoms with van der Waals surface area (Å²) in [6.45, 7) is 6.75. The summed E-state index contributed by atoms with van der Waals surface area (Å²) in [7, 11) is 0. The second kappa shape index (κ2) is 6.02. The van der Waals surface area contributed by atoms with Crippen LogP contribution in [-0.2, 0) is 9.53 Å². The van der Waals surface area contributed by atoms with Crippen LogP contribution in [0.15, 0.2) is 0 Å². The minimum absolute atomic E-state index is 0.174. The Morgan fingerprint density at radius 1 is 1.64 bits per heavy atom. The zero-order valence-electron chi connectivity index (χ0n) is 9.21. The monoisotopic (exact) mass is 199 g/mol. The Labute approximate surface area is 86.2 Å². The maximum Gasteiger partial charge on any atom is 0.220 e. The van der Waals surface area contributed by atoms with Crippen molar-refractivity contribution >= 4 is 5.91 Å². The molecule has 1 saturated heterocycles. The zero-order chi connectivity index (χ0) is 10.4. The van der Waals surface area contributed by atoms with E-state index < -0.39 is 0 Å². The molecule has 0 saturated carbocycles. The smallest absolute Gasteiger partial charge is 0.220 e. The Balaban J connectivity index is 2.08. The van der Waals surface area contributed by atoms with Gasteiger partial charge in [0.1, 0.15) is 0 Å². The third-order valence-corrected chi connectivity index (χ3v) is 2.80. The van der Waals surface area contributed by atoms with Crippen molar-refractivity contribution in [3.8, 4) is 0 Å². The fourth-order valence-corrected chi connectivity index (χ4v) is 1.55. The molecule has 1 rings (SSSR count). The molecule has 3 heteroatoms. The van der Waals surface area contributed by atoms with Gasteiger partial charge in [-0.2, -0.15) is 0 Å². The lowest BCUT2D eigenvalue weighted by Gasteiger charge is -2.22. The van der Waals surface area contributed by atoms with Crippen LogP contribution in [0.4, 0.5) is 0 Å². The number of nitrogens with one attached hydrogen (secondary N) is 1. The Morgan fingerprint density at radius 2 is 2.43 bits per heavy atom. The normalized spacial score (nSPS) is 24.4. The van der Waals surface area contributed by atoms with Gasteiger partial charge in [-0.25, -0.2) is 0 Å². The summed E-state index contributed by atoms with van der Waals surface area (Å²) >= 11 is 0. The van der Waals surface area contributed by atoms with Gasteiger partial charge in [-0.1, -0.05) is 20.3 Å². The third-order valence-electron chi connectivity index (χ3n) is 2.80. The molecule has 3 nitrogen and oxygen atoms in total. The van der Waals surface area contributed by atoms with E-state index >= 15 is 0 Å². The van der Waals surface area contributed by atoms with E-state index in [4.69, 9.17) is 4.74 Å². The van der Waals surface area contributed by atoms with Gasteiger partial charge in [-0.15, -0.1) is 0 Å². The van der Waals surface area contributed by atoms with Crippen LogP contribution >= 0.6 is 0 Å². The number of rotatable bonds is 5. The first kappa shape index (κ1) is 11.5. The maximum atomic E-state index is 11.1. The van der Waals surface area contributed by atoms with Crippen LogP contribution in [0.1, 0.15) is 33.1 Å². The number of hydrogen-bond acceptors (Lipinski definition) is 2. The van der Waals surface area contributed by atoms with E-state index in [1.54, 1.807) is 0 Å². The standard InChI is InChI=1S/C11H21NO2/c1-3-9(2)7-14-8-10-4-5-12-11(13)6-10/h9-10H,3-8H2,1-2H3,(H,12,13)/t9-,10-/m0/s1. The Kier molecular flexibility index (Phi) is 4.94. The van der Waals surface area contributed by atoms with Crippen molar-refractivity contribution in [1.29, 1.82) is 0 Å². The average Bonchev–Trinajstić information content (AvgIpc) is 2.17. The summed E-state index contributed by atoms with van der Waals surface area (Å²) in [4.78, 5) is 11.1. The number of ether oxygens (including phenoxy) is 1. The predicted octanol–water partition coefficient (Wildman–Crippen LogP) is 1.58. The van der Waals surface area contributed by atoms with Gasteiger partial charge < -0.3 is 10.1 Å². The lowest BCUT2D eigenvalue weighted by atomic mass is 9.99. The molecule has 0 spiro atoms. The molecule has 1 N–H and O–H groups in total. The Morgan fingerprint density at radius 3 is 3.07 bits per heavy atom. The summed E-state index contributed by atoms with van der Waals surface area (Å²) in [6.07, 6.45) is 2.86. The van der Waals surface area contributed by atoms with E-state index in [0.717, 1.165) is 32.6 Å². The molecule has 1 aliphatic heterocycles. The topological polar surface area (TPSA) is 38.3 Å². The molecule has 0 aromatic rings. The van der Waals surface area contributed by atoms with Crippen LogP contribution in [-0.4, -0.2) is 25.7 Å². The van der Waals surface area contributed by atoms with Crippen molar-refractivity contribution in [3.05, 3.63) is 0 Å². The molecule has 0 aliphatic carbocycles. The molecule has 82 valence electrons. The highest BCUT2D eigenvalue weighted by atomic mass is 16.5. The fraction of sp³-hybridized carbons (Fsp3) is 0.909. The minimum atomic E-state index is 0.174. The first-order chi connectivity index (χ1) is 6.72. The molecule has 0 aromatic heterocycles. The molecule has 14 heavy (non-hydrogen) atoms. The van der Waals surface area contributed by atoms with Crippen LogP contribution in [0, 0.1) is 11.8 Å². The second-order valence-electron chi connectivity index (χ2n) is 4.26. The molecule has 1 amide bonds. The first-order valence-electron chi connectivity index (χ1n) is 5.56. The van der Waals surface area contributed by atoms with Crippen molar-refractivity contribution in [1.82, 2.24) is 5.32 Å². The van der Waals surface area contributed by atoms with Gasteiger partial charge in [0.2, 0.25) is 5.91 Å². The summed E-state index contributed by atoms with van der Waals surface area (Å²) in [5.41, 5.74) is 0. The zero-order valence-corrected chi connectivity index (χ0v) is 9.21. The van der Waals surface area contributed by atoms with Crippen LogP contribution in [0.25, 0.3) is 0 Å². The SMILES string of the molecule is CC[C@H](C)COC[C@H]1CCNC(=O)C1. The number of carbonyl (C=O) groups excluding carboxylic acids is 1. The van der Waals surface area contributed by atoms with Crippen molar-refractivity contribution in [2.45, 2.75) is 33.1 Å². The first-order valence-corrected chi connectivity index (χ1v) is 5.56. The highest BCUT2D eigenvalue weighted by molar-refractivity contribution is 5.76. The highest BCUT2D eigenvalue weighted by Gasteiger charge is 2.18. The fourth-order valence-electron chi connectivity index (χ4n) is 1.55. The van der Waals surface area contributed by atoms with Gasteiger partial charge in [0, 0.05) is 26.2 Å². The average molecular weight is 199 g/mol. The maximum absolute atomic E-state index is 11.1. The second-order valence-corrected chi connectivity index (χ2v) is 4.26. The third kappa shape index (κ3) is 4.09. The number of hydrogen-bond donors (Lipinski definition) is 1.